The first-order chi connectivity index (χ1) is 11.2. The molecule has 2 aliphatic carbocycles. The zero-order chi connectivity index (χ0) is 17.5. The SMILES string of the molecule is O[C@H]1C(F)(F)C[C@@H](c2ccc(OC(F)F)c(Cl)n2)CC12CCCC2. The number of alkyl halides is 4. The Bertz CT molecular complexity index is 608. The van der Waals surface area contributed by atoms with Crippen molar-refractivity contribution in [2.45, 2.75) is 63.1 Å². The van der Waals surface area contributed by atoms with E-state index in [0.717, 1.165) is 12.8 Å². The molecule has 0 radical (unpaired) electrons. The van der Waals surface area contributed by atoms with Crippen LogP contribution in [-0.2, 0) is 0 Å². The Morgan fingerprint density at radius 1 is 1.21 bits per heavy atom. The molecule has 0 amide bonds. The molecule has 1 spiro atoms. The first-order valence-electron chi connectivity index (χ1n) is 7.91. The molecule has 1 aromatic heterocycles. The van der Waals surface area contributed by atoms with E-state index in [9.17, 15) is 22.7 Å². The molecule has 0 bridgehead atoms. The molecule has 134 valence electrons. The van der Waals surface area contributed by atoms with Crippen LogP contribution in [0.3, 0.4) is 0 Å². The second kappa shape index (κ2) is 6.33. The average Bonchev–Trinajstić information content (AvgIpc) is 2.95. The van der Waals surface area contributed by atoms with Crippen LogP contribution < -0.4 is 4.74 Å². The van der Waals surface area contributed by atoms with Crippen LogP contribution in [0.5, 0.6) is 5.75 Å². The normalized spacial score (nSPS) is 28.5. The minimum absolute atomic E-state index is 0.275. The molecule has 0 unspecified atom stereocenters. The Labute approximate surface area is 142 Å². The topological polar surface area (TPSA) is 42.4 Å². The number of aromatic nitrogens is 1. The third-order valence-corrected chi connectivity index (χ3v) is 5.49. The highest BCUT2D eigenvalue weighted by molar-refractivity contribution is 6.30. The zero-order valence-electron chi connectivity index (χ0n) is 12.8. The van der Waals surface area contributed by atoms with Crippen molar-refractivity contribution in [1.82, 2.24) is 4.98 Å². The van der Waals surface area contributed by atoms with Crippen LogP contribution in [-0.4, -0.2) is 28.7 Å². The van der Waals surface area contributed by atoms with Crippen molar-refractivity contribution in [3.05, 3.63) is 23.0 Å². The van der Waals surface area contributed by atoms with Crippen LogP contribution in [0, 0.1) is 5.41 Å². The van der Waals surface area contributed by atoms with Crippen molar-refractivity contribution in [3.8, 4) is 5.75 Å². The fourth-order valence-corrected chi connectivity index (χ4v) is 4.38. The molecule has 0 aliphatic heterocycles. The highest BCUT2D eigenvalue weighted by atomic mass is 35.5. The van der Waals surface area contributed by atoms with Gasteiger partial charge in [0.2, 0.25) is 0 Å². The number of nitrogens with zero attached hydrogens (tertiary/aromatic N) is 1. The van der Waals surface area contributed by atoms with Gasteiger partial charge in [-0.05, 0) is 31.4 Å². The van der Waals surface area contributed by atoms with Gasteiger partial charge in [0.15, 0.2) is 10.9 Å². The lowest BCUT2D eigenvalue weighted by Gasteiger charge is -2.46. The number of halogens is 5. The molecular formula is C16H18ClF4NO2. The van der Waals surface area contributed by atoms with E-state index in [1.807, 2.05) is 0 Å². The van der Waals surface area contributed by atoms with Crippen LogP contribution in [0.15, 0.2) is 12.1 Å². The van der Waals surface area contributed by atoms with Gasteiger partial charge in [0.25, 0.3) is 5.92 Å². The van der Waals surface area contributed by atoms with E-state index in [1.165, 1.54) is 12.1 Å². The van der Waals surface area contributed by atoms with Gasteiger partial charge in [-0.2, -0.15) is 8.78 Å². The van der Waals surface area contributed by atoms with Crippen molar-refractivity contribution in [1.29, 1.82) is 0 Å². The van der Waals surface area contributed by atoms with Crippen molar-refractivity contribution in [2.75, 3.05) is 0 Å². The summed E-state index contributed by atoms with van der Waals surface area (Å²) < 4.78 is 57.4. The predicted octanol–water partition coefficient (Wildman–Crippen LogP) is 4.77. The predicted molar refractivity (Wildman–Crippen MR) is 79.7 cm³/mol. The number of aliphatic hydroxyl groups is 1. The molecular weight excluding hydrogens is 350 g/mol. The average molecular weight is 368 g/mol. The highest BCUT2D eigenvalue weighted by Gasteiger charge is 2.58. The summed E-state index contributed by atoms with van der Waals surface area (Å²) in [4.78, 5) is 3.99. The largest absolute Gasteiger partial charge is 0.432 e. The lowest BCUT2D eigenvalue weighted by molar-refractivity contribution is -0.192. The van der Waals surface area contributed by atoms with Crippen LogP contribution in [0.1, 0.15) is 50.1 Å². The van der Waals surface area contributed by atoms with Crippen LogP contribution in [0.25, 0.3) is 0 Å². The van der Waals surface area contributed by atoms with E-state index in [2.05, 4.69) is 9.72 Å². The van der Waals surface area contributed by atoms with Gasteiger partial charge in [-0.15, -0.1) is 0 Å². The Balaban J connectivity index is 1.87. The number of pyridine rings is 1. The zero-order valence-corrected chi connectivity index (χ0v) is 13.6. The minimum Gasteiger partial charge on any atom is -0.432 e. The lowest BCUT2D eigenvalue weighted by Crippen LogP contribution is -2.51. The molecule has 1 aromatic rings. The maximum atomic E-state index is 14.3. The van der Waals surface area contributed by atoms with E-state index >= 15 is 0 Å². The van der Waals surface area contributed by atoms with E-state index in [0.29, 0.717) is 25.0 Å². The van der Waals surface area contributed by atoms with E-state index in [-0.39, 0.29) is 10.9 Å². The van der Waals surface area contributed by atoms with Gasteiger partial charge in [-0.3, -0.25) is 0 Å². The van der Waals surface area contributed by atoms with Crippen LogP contribution in [0.2, 0.25) is 5.15 Å². The summed E-state index contributed by atoms with van der Waals surface area (Å²) in [6.07, 6.45) is 0.947. The smallest absolute Gasteiger partial charge is 0.387 e. The van der Waals surface area contributed by atoms with E-state index in [1.54, 1.807) is 0 Å². The van der Waals surface area contributed by atoms with Gasteiger partial charge in [-0.1, -0.05) is 24.4 Å². The van der Waals surface area contributed by atoms with Crippen molar-refractivity contribution in [3.63, 3.8) is 0 Å². The summed E-state index contributed by atoms with van der Waals surface area (Å²) in [5, 5.41) is 9.87. The van der Waals surface area contributed by atoms with Gasteiger partial charge in [0, 0.05) is 23.4 Å². The van der Waals surface area contributed by atoms with Gasteiger partial charge in [0.05, 0.1) is 0 Å². The first kappa shape index (κ1) is 17.7. The molecule has 24 heavy (non-hydrogen) atoms. The Hall–Kier alpha value is -1.08. The van der Waals surface area contributed by atoms with Crippen molar-refractivity contribution >= 4 is 11.6 Å². The van der Waals surface area contributed by atoms with Crippen molar-refractivity contribution < 1.29 is 27.4 Å². The van der Waals surface area contributed by atoms with Gasteiger partial charge in [-0.25, -0.2) is 13.8 Å². The molecule has 2 saturated carbocycles. The monoisotopic (exact) mass is 367 g/mol. The summed E-state index contributed by atoms with van der Waals surface area (Å²) in [5.41, 5.74) is -0.488. The third-order valence-electron chi connectivity index (χ3n) is 5.22. The van der Waals surface area contributed by atoms with Gasteiger partial charge >= 0.3 is 6.61 Å². The number of rotatable bonds is 3. The van der Waals surface area contributed by atoms with Crippen molar-refractivity contribution in [2.24, 2.45) is 5.41 Å². The van der Waals surface area contributed by atoms with E-state index in [4.69, 9.17) is 11.6 Å². The lowest BCUT2D eigenvalue weighted by atomic mass is 9.64. The Morgan fingerprint density at radius 3 is 2.46 bits per heavy atom. The first-order valence-corrected chi connectivity index (χ1v) is 8.28. The van der Waals surface area contributed by atoms with Crippen LogP contribution in [0.4, 0.5) is 17.6 Å². The summed E-state index contributed by atoms with van der Waals surface area (Å²) >= 11 is 5.84. The molecule has 0 saturated heterocycles. The molecule has 0 aromatic carbocycles. The molecule has 2 atom stereocenters. The number of aliphatic hydroxyl groups excluding tert-OH is 1. The third kappa shape index (κ3) is 3.20. The number of hydrogen-bond donors (Lipinski definition) is 1. The van der Waals surface area contributed by atoms with Gasteiger partial charge < -0.3 is 9.84 Å². The van der Waals surface area contributed by atoms with Crippen LogP contribution >= 0.6 is 11.6 Å². The summed E-state index contributed by atoms with van der Waals surface area (Å²) in [5.74, 6) is -4.08. The van der Waals surface area contributed by atoms with Gasteiger partial charge in [0.1, 0.15) is 6.10 Å². The molecule has 1 N–H and O–H groups in total. The maximum absolute atomic E-state index is 14.3. The fraction of sp³-hybridized carbons (Fsp3) is 0.688. The second-order valence-electron chi connectivity index (χ2n) is 6.74. The molecule has 3 rings (SSSR count). The summed E-state index contributed by atoms with van der Waals surface area (Å²) in [6, 6.07) is 2.62. The second-order valence-corrected chi connectivity index (χ2v) is 7.10. The minimum atomic E-state index is -3.21. The molecule has 2 aliphatic rings. The maximum Gasteiger partial charge on any atom is 0.387 e. The number of hydrogen-bond acceptors (Lipinski definition) is 3. The Kier molecular flexibility index (Phi) is 4.68. The Morgan fingerprint density at radius 2 is 1.88 bits per heavy atom. The van der Waals surface area contributed by atoms with E-state index < -0.39 is 36.4 Å². The number of ether oxygens (including phenoxy) is 1. The molecule has 8 heteroatoms. The molecule has 1 heterocycles. The standard InChI is InChI=1S/C16H18ClF4NO2/c17-12-11(24-14(18)19)4-3-10(22-12)9-7-15(5-1-2-6-15)13(23)16(20,21)8-9/h3-4,9,13-14,23H,1-2,5-8H2/t9-,13+/m0/s1. The molecule has 3 nitrogen and oxygen atoms in total. The molecule has 2 fully saturated rings. The highest BCUT2D eigenvalue weighted by Crippen LogP contribution is 2.57. The quantitative estimate of drug-likeness (QED) is 0.618. The summed E-state index contributed by atoms with van der Waals surface area (Å²) in [6.45, 7) is -3.04. The summed E-state index contributed by atoms with van der Waals surface area (Å²) in [7, 11) is 0. The fourth-order valence-electron chi connectivity index (χ4n) is 4.18.